The van der Waals surface area contributed by atoms with Gasteiger partial charge in [0.1, 0.15) is 13.2 Å². The number of esters is 3. The predicted molar refractivity (Wildman–Crippen MR) is 294 cm³/mol. The van der Waals surface area contributed by atoms with Gasteiger partial charge in [-0.15, -0.1) is 0 Å². The van der Waals surface area contributed by atoms with Crippen LogP contribution in [0.15, 0.2) is 0 Å². The number of ether oxygens (including phenoxy) is 3. The minimum atomic E-state index is -0.761. The van der Waals surface area contributed by atoms with Gasteiger partial charge >= 0.3 is 17.9 Å². The predicted octanol–water partition coefficient (Wildman–Crippen LogP) is 20.7. The summed E-state index contributed by atoms with van der Waals surface area (Å²) in [5, 5.41) is 0. The number of hydrogen-bond acceptors (Lipinski definition) is 6. The molecule has 0 saturated carbocycles. The van der Waals surface area contributed by atoms with Crippen LogP contribution in [0.1, 0.15) is 361 Å². The molecule has 0 saturated heterocycles. The first kappa shape index (κ1) is 66.4. The molecule has 0 fully saturated rings. The molecular weight excluding hydrogens is 841 g/mol. The fourth-order valence-electron chi connectivity index (χ4n) is 9.68. The molecule has 1 atom stereocenters. The van der Waals surface area contributed by atoms with Gasteiger partial charge in [-0.3, -0.25) is 14.4 Å². The molecule has 0 aromatic rings. The lowest BCUT2D eigenvalue weighted by Crippen LogP contribution is -2.30. The van der Waals surface area contributed by atoms with E-state index in [9.17, 15) is 14.4 Å². The summed E-state index contributed by atoms with van der Waals surface area (Å²) in [6, 6.07) is 0. The van der Waals surface area contributed by atoms with Gasteiger partial charge in [-0.25, -0.2) is 0 Å². The van der Waals surface area contributed by atoms with Crippen LogP contribution >= 0.6 is 0 Å². The zero-order chi connectivity index (χ0) is 49.3. The van der Waals surface area contributed by atoms with E-state index in [4.69, 9.17) is 14.2 Å². The molecule has 0 amide bonds. The Balaban J connectivity index is 4.26. The molecule has 404 valence electrons. The van der Waals surface area contributed by atoms with Gasteiger partial charge in [0.15, 0.2) is 6.10 Å². The van der Waals surface area contributed by atoms with Gasteiger partial charge < -0.3 is 14.2 Å². The maximum Gasteiger partial charge on any atom is 0.306 e. The topological polar surface area (TPSA) is 78.9 Å². The Morgan fingerprint density at radius 3 is 0.588 bits per heavy atom. The molecule has 0 heterocycles. The highest BCUT2D eigenvalue weighted by Crippen LogP contribution is 2.18. The fourth-order valence-corrected chi connectivity index (χ4v) is 9.68. The molecule has 0 aromatic heterocycles. The number of carbonyl (C=O) groups excluding carboxylic acids is 3. The van der Waals surface area contributed by atoms with Crippen molar-refractivity contribution in [1.29, 1.82) is 0 Å². The van der Waals surface area contributed by atoms with Crippen LogP contribution in [0, 0.1) is 0 Å². The van der Waals surface area contributed by atoms with E-state index >= 15 is 0 Å². The van der Waals surface area contributed by atoms with E-state index in [-0.39, 0.29) is 31.1 Å². The van der Waals surface area contributed by atoms with E-state index < -0.39 is 6.10 Å². The molecule has 68 heavy (non-hydrogen) atoms. The molecule has 0 aliphatic rings. The van der Waals surface area contributed by atoms with Crippen molar-refractivity contribution in [1.82, 2.24) is 0 Å². The van der Waals surface area contributed by atoms with Crippen molar-refractivity contribution in [3.05, 3.63) is 0 Å². The molecule has 0 N–H and O–H groups in total. The van der Waals surface area contributed by atoms with Gasteiger partial charge in [-0.2, -0.15) is 0 Å². The number of unbranched alkanes of at least 4 members (excludes halogenated alkanes) is 47. The zero-order valence-corrected chi connectivity index (χ0v) is 46.4. The largest absolute Gasteiger partial charge is 0.462 e. The Labute approximate surface area is 425 Å². The highest BCUT2D eigenvalue weighted by Gasteiger charge is 2.19. The molecule has 0 bridgehead atoms. The quantitative estimate of drug-likeness (QED) is 0.0343. The molecule has 0 aromatic carbocycles. The number of hydrogen-bond donors (Lipinski definition) is 0. The van der Waals surface area contributed by atoms with Crippen LogP contribution in [0.4, 0.5) is 0 Å². The summed E-state index contributed by atoms with van der Waals surface area (Å²) >= 11 is 0. The van der Waals surface area contributed by atoms with Crippen molar-refractivity contribution in [2.24, 2.45) is 0 Å². The first-order valence-electron chi connectivity index (χ1n) is 31.0. The number of rotatable bonds is 58. The number of carbonyl (C=O) groups is 3. The summed E-state index contributed by atoms with van der Waals surface area (Å²) in [5.74, 6) is -0.827. The van der Waals surface area contributed by atoms with E-state index in [0.717, 1.165) is 57.8 Å². The normalized spacial score (nSPS) is 11.9. The van der Waals surface area contributed by atoms with Crippen LogP contribution in [0.2, 0.25) is 0 Å². The zero-order valence-electron chi connectivity index (χ0n) is 46.4. The molecule has 0 aliphatic carbocycles. The lowest BCUT2D eigenvalue weighted by atomic mass is 10.0. The van der Waals surface area contributed by atoms with E-state index in [1.807, 2.05) is 0 Å². The molecule has 1 unspecified atom stereocenters. The third-order valence-electron chi connectivity index (χ3n) is 14.4. The average molecular weight is 962 g/mol. The third kappa shape index (κ3) is 55.3. The molecular formula is C62H120O6. The second-order valence-corrected chi connectivity index (χ2v) is 21.3. The smallest absolute Gasteiger partial charge is 0.306 e. The van der Waals surface area contributed by atoms with Crippen LogP contribution in [0.3, 0.4) is 0 Å². The van der Waals surface area contributed by atoms with Crippen LogP contribution in [0.25, 0.3) is 0 Å². The van der Waals surface area contributed by atoms with Crippen molar-refractivity contribution < 1.29 is 28.6 Å². The second kappa shape index (κ2) is 58.0. The summed E-state index contributed by atoms with van der Waals surface area (Å²) in [5.41, 5.74) is 0. The van der Waals surface area contributed by atoms with Crippen LogP contribution in [-0.4, -0.2) is 37.2 Å². The lowest BCUT2D eigenvalue weighted by molar-refractivity contribution is -0.167. The monoisotopic (exact) mass is 961 g/mol. The summed E-state index contributed by atoms with van der Waals surface area (Å²) in [6.45, 7) is 6.72. The van der Waals surface area contributed by atoms with Gasteiger partial charge in [-0.1, -0.05) is 323 Å². The maximum atomic E-state index is 12.9. The van der Waals surface area contributed by atoms with Gasteiger partial charge in [0.05, 0.1) is 0 Å². The van der Waals surface area contributed by atoms with E-state index in [2.05, 4.69) is 20.8 Å². The second-order valence-electron chi connectivity index (χ2n) is 21.3. The van der Waals surface area contributed by atoms with Crippen molar-refractivity contribution in [3.8, 4) is 0 Å². The van der Waals surface area contributed by atoms with Gasteiger partial charge in [0.25, 0.3) is 0 Å². The van der Waals surface area contributed by atoms with Crippen LogP contribution in [0.5, 0.6) is 0 Å². The summed E-state index contributed by atoms with van der Waals surface area (Å²) in [7, 11) is 0. The lowest BCUT2D eigenvalue weighted by Gasteiger charge is -2.18. The minimum Gasteiger partial charge on any atom is -0.462 e. The van der Waals surface area contributed by atoms with Crippen molar-refractivity contribution in [3.63, 3.8) is 0 Å². The summed E-state index contributed by atoms with van der Waals surface area (Å²) < 4.78 is 16.9. The molecule has 6 heteroatoms. The van der Waals surface area contributed by atoms with E-state index in [1.54, 1.807) is 0 Å². The van der Waals surface area contributed by atoms with Crippen LogP contribution < -0.4 is 0 Å². The Bertz CT molecular complexity index is 1010. The highest BCUT2D eigenvalue weighted by atomic mass is 16.6. The standard InChI is InChI=1S/C62H120O6/c1-4-7-10-13-16-19-22-25-28-29-30-31-32-35-37-40-43-46-49-52-55-61(64)67-58-59(68-62(65)56-53-50-47-44-41-38-34-27-24-21-18-15-12-9-6-3)57-66-60(63)54-51-48-45-42-39-36-33-26-23-20-17-14-11-8-5-2/h59H,4-58H2,1-3H3. The molecule has 0 aliphatic heterocycles. The SMILES string of the molecule is CCCCCCCCCCCCCCCCCCCCCCC(=O)OCC(COC(=O)CCCCCCCCCCCCCCCCC)OC(=O)CCCCCCCCCCCCCCCCC. The van der Waals surface area contributed by atoms with Gasteiger partial charge in [0.2, 0.25) is 0 Å². The molecule has 6 nitrogen and oxygen atoms in total. The van der Waals surface area contributed by atoms with E-state index in [0.29, 0.717) is 19.3 Å². The first-order valence-corrected chi connectivity index (χ1v) is 31.0. The molecule has 0 spiro atoms. The average Bonchev–Trinajstić information content (AvgIpc) is 3.34. The van der Waals surface area contributed by atoms with Crippen molar-refractivity contribution in [2.45, 2.75) is 367 Å². The summed E-state index contributed by atoms with van der Waals surface area (Å²) in [4.78, 5) is 38.2. The van der Waals surface area contributed by atoms with Crippen molar-refractivity contribution in [2.75, 3.05) is 13.2 Å². The van der Waals surface area contributed by atoms with Crippen LogP contribution in [-0.2, 0) is 28.6 Å². The van der Waals surface area contributed by atoms with Gasteiger partial charge in [0, 0.05) is 19.3 Å². The Morgan fingerprint density at radius 1 is 0.235 bits per heavy atom. The molecule has 0 radical (unpaired) electrons. The van der Waals surface area contributed by atoms with Gasteiger partial charge in [-0.05, 0) is 19.3 Å². The maximum absolute atomic E-state index is 12.9. The van der Waals surface area contributed by atoms with Crippen molar-refractivity contribution >= 4 is 17.9 Å². The highest BCUT2D eigenvalue weighted by molar-refractivity contribution is 5.71. The fraction of sp³-hybridized carbons (Fsp3) is 0.952. The minimum absolute atomic E-state index is 0.0607. The summed E-state index contributed by atoms with van der Waals surface area (Å²) in [6.07, 6.45) is 65.3. The molecule has 0 rings (SSSR count). The first-order chi connectivity index (χ1) is 33.5. The van der Waals surface area contributed by atoms with E-state index in [1.165, 1.54) is 263 Å². The Hall–Kier alpha value is -1.59. The Kier molecular flexibility index (Phi) is 56.6. The third-order valence-corrected chi connectivity index (χ3v) is 14.4. The Morgan fingerprint density at radius 2 is 0.397 bits per heavy atom.